The van der Waals surface area contributed by atoms with E-state index in [0.29, 0.717) is 0 Å². The molecule has 19 heavy (non-hydrogen) atoms. The number of benzene rings is 2. The van der Waals surface area contributed by atoms with Gasteiger partial charge in [0.15, 0.2) is 0 Å². The van der Waals surface area contributed by atoms with Gasteiger partial charge < -0.3 is 10.1 Å². The van der Waals surface area contributed by atoms with Crippen molar-refractivity contribution in [1.82, 2.24) is 5.32 Å². The van der Waals surface area contributed by atoms with E-state index in [1.807, 2.05) is 36.4 Å². The summed E-state index contributed by atoms with van der Waals surface area (Å²) < 4.78 is 5.29. The molecule has 0 spiro atoms. The first-order valence-electron chi connectivity index (χ1n) is 6.37. The smallest absolute Gasteiger partial charge is 0.119 e. The van der Waals surface area contributed by atoms with Crippen molar-refractivity contribution < 1.29 is 4.74 Å². The third-order valence-corrected chi connectivity index (χ3v) is 3.25. The van der Waals surface area contributed by atoms with Gasteiger partial charge in [-0.05, 0) is 41.9 Å². The zero-order chi connectivity index (χ0) is 13.7. The van der Waals surface area contributed by atoms with Crippen LogP contribution in [0, 0.1) is 0 Å². The number of ether oxygens (including phenoxy) is 1. The summed E-state index contributed by atoms with van der Waals surface area (Å²) in [4.78, 5) is 0. The molecule has 1 atom stereocenters. The summed E-state index contributed by atoms with van der Waals surface area (Å²) in [5.74, 6) is 0.863. The van der Waals surface area contributed by atoms with Crippen LogP contribution in [0.1, 0.15) is 24.1 Å². The fourth-order valence-electron chi connectivity index (χ4n) is 2.14. The molecule has 2 rings (SSSR count). The Balaban J connectivity index is 2.38. The lowest BCUT2D eigenvalue weighted by Crippen LogP contribution is -2.21. The van der Waals surface area contributed by atoms with Crippen molar-refractivity contribution in [3.05, 3.63) is 64.7 Å². The highest BCUT2D eigenvalue weighted by Crippen LogP contribution is 2.26. The van der Waals surface area contributed by atoms with E-state index < -0.39 is 0 Å². The number of halogens is 1. The maximum Gasteiger partial charge on any atom is 0.119 e. The molecule has 0 fully saturated rings. The average Bonchev–Trinajstić information content (AvgIpc) is 2.45. The van der Waals surface area contributed by atoms with Gasteiger partial charge in [0.05, 0.1) is 13.2 Å². The molecular weight excluding hydrogens is 258 g/mol. The lowest BCUT2D eigenvalue weighted by molar-refractivity contribution is 0.413. The molecule has 0 aliphatic heterocycles. The molecule has 2 aromatic rings. The van der Waals surface area contributed by atoms with Crippen LogP contribution in [0.5, 0.6) is 5.75 Å². The third-order valence-electron chi connectivity index (χ3n) is 3.02. The molecule has 2 nitrogen and oxygen atoms in total. The van der Waals surface area contributed by atoms with E-state index >= 15 is 0 Å². The van der Waals surface area contributed by atoms with Crippen molar-refractivity contribution >= 4 is 11.6 Å². The van der Waals surface area contributed by atoms with E-state index in [2.05, 4.69) is 24.4 Å². The van der Waals surface area contributed by atoms with E-state index in [1.54, 1.807) is 7.11 Å². The molecule has 0 aliphatic carbocycles. The van der Waals surface area contributed by atoms with Crippen molar-refractivity contribution in [2.75, 3.05) is 13.7 Å². The normalized spacial score (nSPS) is 12.2. The number of nitrogens with one attached hydrogen (secondary N) is 1. The first-order chi connectivity index (χ1) is 9.24. The minimum atomic E-state index is 0.124. The zero-order valence-corrected chi connectivity index (χ0v) is 11.9. The summed E-state index contributed by atoms with van der Waals surface area (Å²) in [7, 11) is 1.68. The Morgan fingerprint density at radius 3 is 2.42 bits per heavy atom. The summed E-state index contributed by atoms with van der Waals surface area (Å²) in [6.07, 6.45) is 0. The van der Waals surface area contributed by atoms with Crippen molar-refractivity contribution in [2.24, 2.45) is 0 Å². The van der Waals surface area contributed by atoms with Gasteiger partial charge in [-0.15, -0.1) is 0 Å². The molecule has 0 saturated heterocycles. The lowest BCUT2D eigenvalue weighted by atomic mass is 9.98. The van der Waals surface area contributed by atoms with Crippen LogP contribution < -0.4 is 10.1 Å². The maximum atomic E-state index is 6.08. The van der Waals surface area contributed by atoms with Crippen LogP contribution in [0.25, 0.3) is 0 Å². The number of methoxy groups -OCH3 is 1. The van der Waals surface area contributed by atoms with Crippen LogP contribution in [0.2, 0.25) is 5.02 Å². The number of rotatable bonds is 5. The first-order valence-corrected chi connectivity index (χ1v) is 6.75. The molecule has 0 heterocycles. The Hall–Kier alpha value is -1.51. The second kappa shape index (κ2) is 6.60. The van der Waals surface area contributed by atoms with Gasteiger partial charge in [-0.2, -0.15) is 0 Å². The van der Waals surface area contributed by atoms with Gasteiger partial charge in [-0.25, -0.2) is 0 Å². The van der Waals surface area contributed by atoms with Gasteiger partial charge in [0.25, 0.3) is 0 Å². The van der Waals surface area contributed by atoms with Crippen molar-refractivity contribution in [3.8, 4) is 5.75 Å². The quantitative estimate of drug-likeness (QED) is 0.889. The van der Waals surface area contributed by atoms with Crippen molar-refractivity contribution in [3.63, 3.8) is 0 Å². The second-order valence-corrected chi connectivity index (χ2v) is 4.76. The Morgan fingerprint density at radius 1 is 1.11 bits per heavy atom. The fourth-order valence-corrected chi connectivity index (χ4v) is 2.34. The van der Waals surface area contributed by atoms with Gasteiger partial charge in [0.2, 0.25) is 0 Å². The molecule has 0 bridgehead atoms. The van der Waals surface area contributed by atoms with Crippen LogP contribution in [-0.2, 0) is 0 Å². The highest BCUT2D eigenvalue weighted by molar-refractivity contribution is 6.30. The van der Waals surface area contributed by atoms with Crippen molar-refractivity contribution in [2.45, 2.75) is 13.0 Å². The third kappa shape index (κ3) is 3.49. The minimum Gasteiger partial charge on any atom is -0.497 e. The van der Waals surface area contributed by atoms with Gasteiger partial charge in [-0.1, -0.05) is 42.8 Å². The fraction of sp³-hybridized carbons (Fsp3) is 0.250. The first kappa shape index (κ1) is 13.9. The predicted molar refractivity (Wildman–Crippen MR) is 80.0 cm³/mol. The Labute approximate surface area is 119 Å². The Morgan fingerprint density at radius 2 is 1.79 bits per heavy atom. The van der Waals surface area contributed by atoms with E-state index in [0.717, 1.165) is 22.9 Å². The molecule has 0 amide bonds. The highest BCUT2D eigenvalue weighted by atomic mass is 35.5. The van der Waals surface area contributed by atoms with Crippen molar-refractivity contribution in [1.29, 1.82) is 0 Å². The Kier molecular flexibility index (Phi) is 4.83. The molecular formula is C16H18ClNO. The predicted octanol–water partition coefficient (Wildman–Crippen LogP) is 4.05. The maximum absolute atomic E-state index is 6.08. The van der Waals surface area contributed by atoms with Gasteiger partial charge >= 0.3 is 0 Å². The Bertz CT molecular complexity index is 542. The largest absolute Gasteiger partial charge is 0.497 e. The summed E-state index contributed by atoms with van der Waals surface area (Å²) in [6.45, 7) is 2.98. The monoisotopic (exact) mass is 275 g/mol. The van der Waals surface area contributed by atoms with Gasteiger partial charge in [-0.3, -0.25) is 0 Å². The summed E-state index contributed by atoms with van der Waals surface area (Å²) in [5, 5.41) is 4.23. The molecule has 2 aromatic carbocycles. The van der Waals surface area contributed by atoms with Gasteiger partial charge in [0.1, 0.15) is 5.75 Å². The molecule has 0 saturated carbocycles. The van der Waals surface area contributed by atoms with E-state index in [4.69, 9.17) is 16.3 Å². The van der Waals surface area contributed by atoms with Crippen LogP contribution in [0.4, 0.5) is 0 Å². The van der Waals surface area contributed by atoms with Crippen LogP contribution in [-0.4, -0.2) is 13.7 Å². The highest BCUT2D eigenvalue weighted by Gasteiger charge is 2.13. The standard InChI is InChI=1S/C16H18ClNO/c1-3-18-16(12-6-4-8-14(17)10-12)13-7-5-9-15(11-13)19-2/h4-11,16,18H,3H2,1-2H3. The topological polar surface area (TPSA) is 21.3 Å². The zero-order valence-electron chi connectivity index (χ0n) is 11.2. The molecule has 100 valence electrons. The summed E-state index contributed by atoms with van der Waals surface area (Å²) >= 11 is 6.08. The van der Waals surface area contributed by atoms with E-state index in [9.17, 15) is 0 Å². The van der Waals surface area contributed by atoms with Gasteiger partial charge in [0, 0.05) is 5.02 Å². The summed E-state index contributed by atoms with van der Waals surface area (Å²) in [6, 6.07) is 16.2. The SMILES string of the molecule is CCNC(c1cccc(Cl)c1)c1cccc(OC)c1. The molecule has 1 unspecified atom stereocenters. The molecule has 0 aromatic heterocycles. The number of hydrogen-bond donors (Lipinski definition) is 1. The minimum absolute atomic E-state index is 0.124. The molecule has 0 radical (unpaired) electrons. The summed E-state index contributed by atoms with van der Waals surface area (Å²) in [5.41, 5.74) is 2.33. The van der Waals surface area contributed by atoms with Crippen LogP contribution in [0.3, 0.4) is 0 Å². The molecule has 0 aliphatic rings. The second-order valence-electron chi connectivity index (χ2n) is 4.32. The molecule has 3 heteroatoms. The lowest BCUT2D eigenvalue weighted by Gasteiger charge is -2.19. The van der Waals surface area contributed by atoms with Crippen LogP contribution in [0.15, 0.2) is 48.5 Å². The number of hydrogen-bond acceptors (Lipinski definition) is 2. The van der Waals surface area contributed by atoms with E-state index in [1.165, 1.54) is 5.56 Å². The average molecular weight is 276 g/mol. The van der Waals surface area contributed by atoms with Crippen LogP contribution >= 0.6 is 11.6 Å². The molecule has 1 N–H and O–H groups in total. The van der Waals surface area contributed by atoms with E-state index in [-0.39, 0.29) is 6.04 Å².